The first-order valence-corrected chi connectivity index (χ1v) is 8.06. The van der Waals surface area contributed by atoms with E-state index < -0.39 is 0 Å². The van der Waals surface area contributed by atoms with Crippen LogP contribution in [0.2, 0.25) is 0 Å². The van der Waals surface area contributed by atoms with E-state index in [9.17, 15) is 0 Å². The summed E-state index contributed by atoms with van der Waals surface area (Å²) in [5, 5.41) is 8.15. The summed E-state index contributed by atoms with van der Waals surface area (Å²) in [6.45, 7) is 6.27. The third-order valence-corrected chi connectivity index (χ3v) is 4.54. The highest BCUT2D eigenvalue weighted by atomic mass is 16.5. The zero-order valence-corrected chi connectivity index (χ0v) is 13.2. The topological polar surface area (TPSA) is 39.1 Å². The molecule has 1 aromatic rings. The van der Waals surface area contributed by atoms with E-state index in [0.717, 1.165) is 32.4 Å². The van der Waals surface area contributed by atoms with Crippen LogP contribution in [-0.4, -0.2) is 29.0 Å². The Bertz CT molecular complexity index is 396. The molecule has 2 rings (SSSR count). The molecule has 0 radical (unpaired) electrons. The fourth-order valence-corrected chi connectivity index (χ4v) is 3.36. The quantitative estimate of drug-likeness (QED) is 0.832. The minimum atomic E-state index is -0.0605. The average Bonchev–Trinajstić information content (AvgIpc) is 2.97. The summed E-state index contributed by atoms with van der Waals surface area (Å²) in [6, 6.07) is 0.257. The Morgan fingerprint density at radius 2 is 2.10 bits per heavy atom. The standard InChI is InChI=1S/C16H29N3O/c1-4-11-17-15(14-12-18-19(5-2)13-14)16(20-3)9-7-6-8-10-16/h12-13,15,17H,4-11H2,1-3H3. The molecule has 0 bridgehead atoms. The van der Waals surface area contributed by atoms with Crippen molar-refractivity contribution in [3.05, 3.63) is 18.0 Å². The van der Waals surface area contributed by atoms with Gasteiger partial charge in [-0.1, -0.05) is 26.2 Å². The summed E-state index contributed by atoms with van der Waals surface area (Å²) >= 11 is 0. The molecule has 20 heavy (non-hydrogen) atoms. The molecule has 4 heteroatoms. The maximum atomic E-state index is 6.04. The van der Waals surface area contributed by atoms with Gasteiger partial charge in [0.05, 0.1) is 17.8 Å². The van der Waals surface area contributed by atoms with Crippen molar-refractivity contribution in [3.8, 4) is 0 Å². The smallest absolute Gasteiger partial charge is 0.0873 e. The second kappa shape index (κ2) is 7.23. The van der Waals surface area contributed by atoms with E-state index in [1.54, 1.807) is 0 Å². The Labute approximate surface area is 122 Å². The molecule has 1 aliphatic carbocycles. The predicted octanol–water partition coefficient (Wildman–Crippen LogP) is 3.29. The Kier molecular flexibility index (Phi) is 5.61. The van der Waals surface area contributed by atoms with Crippen LogP contribution < -0.4 is 5.32 Å². The third-order valence-electron chi connectivity index (χ3n) is 4.54. The summed E-state index contributed by atoms with van der Waals surface area (Å²) < 4.78 is 8.04. The molecule has 1 fully saturated rings. The highest BCUT2D eigenvalue weighted by Crippen LogP contribution is 2.41. The summed E-state index contributed by atoms with van der Waals surface area (Å²) in [5.74, 6) is 0. The van der Waals surface area contributed by atoms with E-state index in [0.29, 0.717) is 0 Å². The highest BCUT2D eigenvalue weighted by Gasteiger charge is 2.41. The fourth-order valence-electron chi connectivity index (χ4n) is 3.36. The Balaban J connectivity index is 2.24. The largest absolute Gasteiger partial charge is 0.376 e. The molecular formula is C16H29N3O. The molecule has 1 saturated carbocycles. The van der Waals surface area contributed by atoms with E-state index in [1.165, 1.54) is 24.8 Å². The van der Waals surface area contributed by atoms with Crippen LogP contribution in [0.25, 0.3) is 0 Å². The van der Waals surface area contributed by atoms with Gasteiger partial charge in [-0.15, -0.1) is 0 Å². The van der Waals surface area contributed by atoms with Gasteiger partial charge in [0.15, 0.2) is 0 Å². The van der Waals surface area contributed by atoms with Crippen LogP contribution in [0.5, 0.6) is 0 Å². The maximum absolute atomic E-state index is 6.04. The zero-order valence-electron chi connectivity index (χ0n) is 13.2. The summed E-state index contributed by atoms with van der Waals surface area (Å²) in [4.78, 5) is 0. The summed E-state index contributed by atoms with van der Waals surface area (Å²) in [7, 11) is 1.87. The van der Waals surface area contributed by atoms with E-state index in [1.807, 2.05) is 18.0 Å². The lowest BCUT2D eigenvalue weighted by molar-refractivity contribution is -0.0687. The molecule has 1 atom stereocenters. The van der Waals surface area contributed by atoms with Crippen LogP contribution in [0, 0.1) is 0 Å². The third kappa shape index (κ3) is 3.23. The Hall–Kier alpha value is -0.870. The predicted molar refractivity (Wildman–Crippen MR) is 81.8 cm³/mol. The van der Waals surface area contributed by atoms with Gasteiger partial charge in [0.25, 0.3) is 0 Å². The van der Waals surface area contributed by atoms with Crippen LogP contribution in [0.4, 0.5) is 0 Å². The van der Waals surface area contributed by atoms with Crippen molar-refractivity contribution in [3.63, 3.8) is 0 Å². The van der Waals surface area contributed by atoms with Gasteiger partial charge >= 0.3 is 0 Å². The van der Waals surface area contributed by atoms with Crippen LogP contribution >= 0.6 is 0 Å². The molecule has 1 aliphatic rings. The molecule has 1 N–H and O–H groups in total. The van der Waals surface area contributed by atoms with Gasteiger partial charge in [0, 0.05) is 25.4 Å². The first-order valence-electron chi connectivity index (χ1n) is 8.06. The van der Waals surface area contributed by atoms with E-state index in [2.05, 4.69) is 30.5 Å². The number of ether oxygens (including phenoxy) is 1. The van der Waals surface area contributed by atoms with Crippen LogP contribution in [0.1, 0.15) is 64.0 Å². The van der Waals surface area contributed by atoms with Gasteiger partial charge in [0.2, 0.25) is 0 Å². The number of hydrogen-bond donors (Lipinski definition) is 1. The summed E-state index contributed by atoms with van der Waals surface area (Å²) in [6.07, 6.45) is 11.5. The van der Waals surface area contributed by atoms with Gasteiger partial charge in [-0.25, -0.2) is 0 Å². The van der Waals surface area contributed by atoms with Crippen molar-refractivity contribution in [2.75, 3.05) is 13.7 Å². The molecule has 0 spiro atoms. The highest BCUT2D eigenvalue weighted by molar-refractivity contribution is 5.17. The molecule has 1 aromatic heterocycles. The lowest BCUT2D eigenvalue weighted by Crippen LogP contribution is -2.47. The molecule has 0 saturated heterocycles. The van der Waals surface area contributed by atoms with E-state index >= 15 is 0 Å². The molecule has 4 nitrogen and oxygen atoms in total. The molecule has 0 amide bonds. The minimum absolute atomic E-state index is 0.0605. The normalized spacial score (nSPS) is 19.9. The maximum Gasteiger partial charge on any atom is 0.0873 e. The van der Waals surface area contributed by atoms with Gasteiger partial charge in [-0.2, -0.15) is 5.10 Å². The monoisotopic (exact) mass is 279 g/mol. The molecule has 114 valence electrons. The number of nitrogens with one attached hydrogen (secondary N) is 1. The molecule has 0 aromatic carbocycles. The number of methoxy groups -OCH3 is 1. The van der Waals surface area contributed by atoms with E-state index in [4.69, 9.17) is 4.74 Å². The Morgan fingerprint density at radius 1 is 1.35 bits per heavy atom. The van der Waals surface area contributed by atoms with Crippen molar-refractivity contribution in [2.45, 2.75) is 70.6 Å². The Morgan fingerprint density at radius 3 is 2.65 bits per heavy atom. The minimum Gasteiger partial charge on any atom is -0.376 e. The number of hydrogen-bond acceptors (Lipinski definition) is 3. The SMILES string of the molecule is CCCNC(c1cnn(CC)c1)C1(OC)CCCCC1. The number of aryl methyl sites for hydroxylation is 1. The molecule has 0 aliphatic heterocycles. The van der Waals surface area contributed by atoms with Crippen molar-refractivity contribution in [1.82, 2.24) is 15.1 Å². The lowest BCUT2D eigenvalue weighted by Gasteiger charge is -2.42. The first-order chi connectivity index (χ1) is 9.75. The van der Waals surface area contributed by atoms with E-state index in [-0.39, 0.29) is 11.6 Å². The van der Waals surface area contributed by atoms with Crippen molar-refractivity contribution >= 4 is 0 Å². The number of rotatable bonds is 7. The van der Waals surface area contributed by atoms with Gasteiger partial charge in [0.1, 0.15) is 0 Å². The first kappa shape index (κ1) is 15.5. The molecule has 1 heterocycles. The van der Waals surface area contributed by atoms with Gasteiger partial charge < -0.3 is 10.1 Å². The van der Waals surface area contributed by atoms with Crippen molar-refractivity contribution in [2.24, 2.45) is 0 Å². The second-order valence-corrected chi connectivity index (χ2v) is 5.85. The fraction of sp³-hybridized carbons (Fsp3) is 0.812. The second-order valence-electron chi connectivity index (χ2n) is 5.85. The molecule has 1 unspecified atom stereocenters. The molecular weight excluding hydrogens is 250 g/mol. The van der Waals surface area contributed by atoms with Gasteiger partial charge in [-0.05, 0) is 32.7 Å². The van der Waals surface area contributed by atoms with Crippen LogP contribution in [0.15, 0.2) is 12.4 Å². The number of nitrogens with zero attached hydrogens (tertiary/aromatic N) is 2. The number of aromatic nitrogens is 2. The lowest BCUT2D eigenvalue weighted by atomic mass is 9.77. The summed E-state index contributed by atoms with van der Waals surface area (Å²) in [5.41, 5.74) is 1.21. The zero-order chi connectivity index (χ0) is 14.4. The van der Waals surface area contributed by atoms with Crippen LogP contribution in [-0.2, 0) is 11.3 Å². The van der Waals surface area contributed by atoms with Crippen LogP contribution in [0.3, 0.4) is 0 Å². The van der Waals surface area contributed by atoms with Crippen molar-refractivity contribution < 1.29 is 4.74 Å². The van der Waals surface area contributed by atoms with Crippen molar-refractivity contribution in [1.29, 1.82) is 0 Å². The van der Waals surface area contributed by atoms with Gasteiger partial charge in [-0.3, -0.25) is 4.68 Å². The average molecular weight is 279 g/mol.